The Morgan fingerprint density at radius 2 is 2.12 bits per heavy atom. The molecule has 5 heteroatoms. The first kappa shape index (κ1) is 14.7. The van der Waals surface area contributed by atoms with Gasteiger partial charge in [0, 0.05) is 34.0 Å². The number of aromatic nitrogens is 2. The zero-order chi connectivity index (χ0) is 16.8. The van der Waals surface area contributed by atoms with Gasteiger partial charge in [-0.05, 0) is 42.0 Å². The monoisotopic (exact) mass is 348 g/mol. The molecule has 0 bridgehead atoms. The van der Waals surface area contributed by atoms with Crippen LogP contribution in [0.2, 0.25) is 0 Å². The molecular formula is C20H16N2O2S. The molecule has 5 rings (SSSR count). The van der Waals surface area contributed by atoms with Gasteiger partial charge in [-0.1, -0.05) is 6.07 Å². The molecule has 25 heavy (non-hydrogen) atoms. The summed E-state index contributed by atoms with van der Waals surface area (Å²) in [7, 11) is 0. The van der Waals surface area contributed by atoms with Crippen LogP contribution in [0.4, 0.5) is 0 Å². The van der Waals surface area contributed by atoms with E-state index < -0.39 is 0 Å². The SMILES string of the molecule is OCc1cc(-c2c(-c3ccc4c(c3)CCO4)nc3ccccn23)cs1. The number of nitrogens with zero attached hydrogens (tertiary/aromatic N) is 2. The fourth-order valence-electron chi connectivity index (χ4n) is 3.39. The van der Waals surface area contributed by atoms with Crippen molar-refractivity contribution in [3.63, 3.8) is 0 Å². The first-order valence-corrected chi connectivity index (χ1v) is 9.13. The summed E-state index contributed by atoms with van der Waals surface area (Å²) in [5.41, 5.74) is 6.36. The van der Waals surface area contributed by atoms with Gasteiger partial charge < -0.3 is 9.84 Å². The van der Waals surface area contributed by atoms with E-state index in [0.29, 0.717) is 0 Å². The molecule has 0 spiro atoms. The van der Waals surface area contributed by atoms with E-state index in [4.69, 9.17) is 9.72 Å². The van der Waals surface area contributed by atoms with E-state index in [1.807, 2.05) is 36.5 Å². The van der Waals surface area contributed by atoms with E-state index in [0.717, 1.165) is 51.8 Å². The Morgan fingerprint density at radius 1 is 1.16 bits per heavy atom. The van der Waals surface area contributed by atoms with Crippen LogP contribution < -0.4 is 4.74 Å². The predicted molar refractivity (Wildman–Crippen MR) is 99.1 cm³/mol. The van der Waals surface area contributed by atoms with Crippen molar-refractivity contribution in [3.8, 4) is 28.3 Å². The Kier molecular flexibility index (Phi) is 3.36. The van der Waals surface area contributed by atoms with Gasteiger partial charge in [0.2, 0.25) is 0 Å². The third-order valence-corrected chi connectivity index (χ3v) is 5.50. The molecule has 1 aromatic carbocycles. The Balaban J connectivity index is 1.76. The fraction of sp³-hybridized carbons (Fsp3) is 0.150. The summed E-state index contributed by atoms with van der Waals surface area (Å²) in [6.07, 6.45) is 2.98. The first-order valence-electron chi connectivity index (χ1n) is 8.25. The molecule has 0 atom stereocenters. The van der Waals surface area contributed by atoms with Gasteiger partial charge in [-0.2, -0.15) is 0 Å². The number of imidazole rings is 1. The van der Waals surface area contributed by atoms with Crippen LogP contribution in [0.25, 0.3) is 28.2 Å². The summed E-state index contributed by atoms with van der Waals surface area (Å²) in [5.74, 6) is 0.979. The maximum atomic E-state index is 9.43. The molecule has 0 fully saturated rings. The molecule has 124 valence electrons. The van der Waals surface area contributed by atoms with Crippen molar-refractivity contribution in [2.75, 3.05) is 6.61 Å². The van der Waals surface area contributed by atoms with Gasteiger partial charge in [0.05, 0.1) is 24.6 Å². The number of rotatable bonds is 3. The highest BCUT2D eigenvalue weighted by atomic mass is 32.1. The molecule has 1 N–H and O–H groups in total. The van der Waals surface area contributed by atoms with Crippen molar-refractivity contribution in [1.82, 2.24) is 9.38 Å². The van der Waals surface area contributed by atoms with E-state index >= 15 is 0 Å². The molecular weight excluding hydrogens is 332 g/mol. The molecule has 4 nitrogen and oxygen atoms in total. The number of hydrogen-bond acceptors (Lipinski definition) is 4. The maximum Gasteiger partial charge on any atom is 0.137 e. The number of fused-ring (bicyclic) bond motifs is 2. The number of hydrogen-bond donors (Lipinski definition) is 1. The van der Waals surface area contributed by atoms with Crippen molar-refractivity contribution in [3.05, 3.63) is 64.5 Å². The van der Waals surface area contributed by atoms with Gasteiger partial charge >= 0.3 is 0 Å². The molecule has 1 aliphatic rings. The number of ether oxygens (including phenoxy) is 1. The van der Waals surface area contributed by atoms with Crippen LogP contribution >= 0.6 is 11.3 Å². The summed E-state index contributed by atoms with van der Waals surface area (Å²) in [5, 5.41) is 11.5. The predicted octanol–water partition coefficient (Wildman–Crippen LogP) is 4.16. The van der Waals surface area contributed by atoms with Crippen molar-refractivity contribution in [2.24, 2.45) is 0 Å². The quantitative estimate of drug-likeness (QED) is 0.605. The van der Waals surface area contributed by atoms with Gasteiger partial charge in [-0.15, -0.1) is 11.3 Å². The summed E-state index contributed by atoms with van der Waals surface area (Å²) in [6.45, 7) is 0.814. The summed E-state index contributed by atoms with van der Waals surface area (Å²) < 4.78 is 7.74. The van der Waals surface area contributed by atoms with E-state index in [-0.39, 0.29) is 6.61 Å². The van der Waals surface area contributed by atoms with Crippen molar-refractivity contribution >= 4 is 17.0 Å². The fourth-order valence-corrected chi connectivity index (χ4v) is 4.12. The average molecular weight is 348 g/mol. The van der Waals surface area contributed by atoms with Crippen molar-refractivity contribution in [2.45, 2.75) is 13.0 Å². The van der Waals surface area contributed by atoms with E-state index in [1.165, 1.54) is 5.56 Å². The minimum atomic E-state index is 0.0624. The van der Waals surface area contributed by atoms with Crippen molar-refractivity contribution in [1.29, 1.82) is 0 Å². The van der Waals surface area contributed by atoms with Gasteiger partial charge in [0.25, 0.3) is 0 Å². The summed E-state index contributed by atoms with van der Waals surface area (Å²) in [6, 6.07) is 14.4. The lowest BCUT2D eigenvalue weighted by molar-refractivity contribution is 0.285. The van der Waals surface area contributed by atoms with E-state index in [1.54, 1.807) is 11.3 Å². The van der Waals surface area contributed by atoms with Gasteiger partial charge in [0.15, 0.2) is 0 Å². The molecule has 0 saturated carbocycles. The van der Waals surface area contributed by atoms with Crippen LogP contribution in [0, 0.1) is 0 Å². The summed E-state index contributed by atoms with van der Waals surface area (Å²) in [4.78, 5) is 5.84. The van der Waals surface area contributed by atoms with E-state index in [2.05, 4.69) is 21.9 Å². The standard InChI is InChI=1S/C20H16N2O2S/c23-11-16-10-15(12-25-16)20-19(21-18-3-1-2-7-22(18)20)14-4-5-17-13(9-14)6-8-24-17/h1-5,7,9-10,12,23H,6,8,11H2. The van der Waals surface area contributed by atoms with Gasteiger partial charge in [-0.3, -0.25) is 4.40 Å². The number of aliphatic hydroxyl groups is 1. The van der Waals surface area contributed by atoms with Gasteiger partial charge in [-0.25, -0.2) is 4.98 Å². The molecule has 3 aromatic heterocycles. The van der Waals surface area contributed by atoms with Crippen LogP contribution in [-0.4, -0.2) is 21.1 Å². The lowest BCUT2D eigenvalue weighted by Crippen LogP contribution is -1.88. The third kappa shape index (κ3) is 2.35. The minimum absolute atomic E-state index is 0.0624. The Hall–Kier alpha value is -2.63. The maximum absolute atomic E-state index is 9.43. The highest BCUT2D eigenvalue weighted by Crippen LogP contribution is 2.37. The van der Waals surface area contributed by atoms with Crippen LogP contribution in [0.3, 0.4) is 0 Å². The Bertz CT molecular complexity index is 1080. The smallest absolute Gasteiger partial charge is 0.137 e. The Labute approximate surface area is 149 Å². The molecule has 4 heterocycles. The van der Waals surface area contributed by atoms with Gasteiger partial charge in [0.1, 0.15) is 11.4 Å². The molecule has 0 radical (unpaired) electrons. The van der Waals surface area contributed by atoms with Crippen LogP contribution in [0.15, 0.2) is 54.0 Å². The second-order valence-corrected chi connectivity index (χ2v) is 7.11. The lowest BCUT2D eigenvalue weighted by Gasteiger charge is -2.05. The first-order chi connectivity index (χ1) is 12.3. The minimum Gasteiger partial charge on any atom is -0.493 e. The zero-order valence-corrected chi connectivity index (χ0v) is 14.3. The lowest BCUT2D eigenvalue weighted by atomic mass is 10.0. The second kappa shape index (κ2) is 5.72. The molecule has 0 aliphatic carbocycles. The van der Waals surface area contributed by atoms with E-state index in [9.17, 15) is 5.11 Å². The third-order valence-electron chi connectivity index (χ3n) is 4.58. The zero-order valence-electron chi connectivity index (χ0n) is 13.5. The summed E-state index contributed by atoms with van der Waals surface area (Å²) >= 11 is 1.57. The molecule has 0 amide bonds. The normalized spacial score (nSPS) is 13.2. The average Bonchev–Trinajstić information content (AvgIpc) is 3.37. The number of aliphatic hydroxyl groups excluding tert-OH is 1. The van der Waals surface area contributed by atoms with Crippen LogP contribution in [-0.2, 0) is 13.0 Å². The topological polar surface area (TPSA) is 46.8 Å². The highest BCUT2D eigenvalue weighted by Gasteiger charge is 2.19. The molecule has 1 aliphatic heterocycles. The van der Waals surface area contributed by atoms with Crippen molar-refractivity contribution < 1.29 is 9.84 Å². The molecule has 0 unspecified atom stereocenters. The number of pyridine rings is 1. The highest BCUT2D eigenvalue weighted by molar-refractivity contribution is 7.10. The molecule has 4 aromatic rings. The second-order valence-electron chi connectivity index (χ2n) is 6.12. The number of thiophene rings is 1. The molecule has 0 saturated heterocycles. The largest absolute Gasteiger partial charge is 0.493 e. The number of benzene rings is 1. The Morgan fingerprint density at radius 3 is 3.00 bits per heavy atom. The van der Waals surface area contributed by atoms with Crippen LogP contribution in [0.1, 0.15) is 10.4 Å². The van der Waals surface area contributed by atoms with Crippen LogP contribution in [0.5, 0.6) is 5.75 Å².